The molecule has 0 radical (unpaired) electrons. The summed E-state index contributed by atoms with van der Waals surface area (Å²) in [6, 6.07) is 7.93. The Balaban J connectivity index is 1.69. The van der Waals surface area contributed by atoms with Crippen LogP contribution in [0.15, 0.2) is 24.3 Å². The zero-order valence-electron chi connectivity index (χ0n) is 14.5. The first-order chi connectivity index (χ1) is 10.8. The monoisotopic (exact) mass is 319 g/mol. The molecule has 5 heteroatoms. The quantitative estimate of drug-likeness (QED) is 0.837. The number of anilines is 1. The van der Waals surface area contributed by atoms with Gasteiger partial charge < -0.3 is 20.7 Å². The van der Waals surface area contributed by atoms with Crippen molar-refractivity contribution in [3.8, 4) is 0 Å². The van der Waals surface area contributed by atoms with Gasteiger partial charge in [0.1, 0.15) is 5.60 Å². The highest BCUT2D eigenvalue weighted by Gasteiger charge is 2.26. The maximum absolute atomic E-state index is 12.0. The van der Waals surface area contributed by atoms with Crippen LogP contribution < -0.4 is 11.1 Å². The Bertz CT molecular complexity index is 517. The molecule has 0 spiro atoms. The molecule has 23 heavy (non-hydrogen) atoms. The second-order valence-corrected chi connectivity index (χ2v) is 7.24. The SMILES string of the molecule is CC(C)(C)OC(=O)N1CCC(CNCc2ccccc2N)CC1. The van der Waals surface area contributed by atoms with Crippen LogP contribution in [0.1, 0.15) is 39.2 Å². The van der Waals surface area contributed by atoms with Crippen LogP contribution in [0.25, 0.3) is 0 Å². The van der Waals surface area contributed by atoms with Gasteiger partial charge in [0.05, 0.1) is 0 Å². The van der Waals surface area contributed by atoms with E-state index in [4.69, 9.17) is 10.5 Å². The van der Waals surface area contributed by atoms with E-state index in [2.05, 4.69) is 5.32 Å². The van der Waals surface area contributed by atoms with Gasteiger partial charge in [-0.05, 0) is 57.7 Å². The Morgan fingerprint density at radius 3 is 2.57 bits per heavy atom. The molecule has 1 amide bonds. The standard InChI is InChI=1S/C18H29N3O2/c1-18(2,3)23-17(22)21-10-8-14(9-11-21)12-20-13-15-6-4-5-7-16(15)19/h4-7,14,20H,8-13,19H2,1-3H3. The van der Waals surface area contributed by atoms with Crippen molar-refractivity contribution in [3.63, 3.8) is 0 Å². The maximum atomic E-state index is 12.0. The van der Waals surface area contributed by atoms with Gasteiger partial charge in [-0.3, -0.25) is 0 Å². The Morgan fingerprint density at radius 1 is 1.30 bits per heavy atom. The first-order valence-corrected chi connectivity index (χ1v) is 8.37. The Hall–Kier alpha value is -1.75. The van der Waals surface area contributed by atoms with E-state index in [9.17, 15) is 4.79 Å². The van der Waals surface area contributed by atoms with E-state index >= 15 is 0 Å². The first-order valence-electron chi connectivity index (χ1n) is 8.37. The molecule has 0 aromatic heterocycles. The van der Waals surface area contributed by atoms with Crippen LogP contribution >= 0.6 is 0 Å². The topological polar surface area (TPSA) is 67.6 Å². The number of para-hydroxylation sites is 1. The van der Waals surface area contributed by atoms with E-state index in [0.717, 1.165) is 50.3 Å². The summed E-state index contributed by atoms with van der Waals surface area (Å²) in [5, 5.41) is 3.48. The average Bonchev–Trinajstić information content (AvgIpc) is 2.48. The summed E-state index contributed by atoms with van der Waals surface area (Å²) in [7, 11) is 0. The molecule has 128 valence electrons. The Labute approximate surface area is 139 Å². The number of carbonyl (C=O) groups excluding carboxylic acids is 1. The fourth-order valence-electron chi connectivity index (χ4n) is 2.75. The predicted molar refractivity (Wildman–Crippen MR) is 93.1 cm³/mol. The minimum Gasteiger partial charge on any atom is -0.444 e. The largest absolute Gasteiger partial charge is 0.444 e. The lowest BCUT2D eigenvalue weighted by Crippen LogP contribution is -2.43. The molecule has 5 nitrogen and oxygen atoms in total. The molecule has 1 aliphatic heterocycles. The maximum Gasteiger partial charge on any atom is 0.410 e. The molecule has 2 rings (SSSR count). The molecule has 1 heterocycles. The van der Waals surface area contributed by atoms with Crippen LogP contribution in [0.4, 0.5) is 10.5 Å². The number of amides is 1. The molecule has 0 unspecified atom stereocenters. The molecule has 1 fully saturated rings. The van der Waals surface area contributed by atoms with Gasteiger partial charge in [0.15, 0.2) is 0 Å². The van der Waals surface area contributed by atoms with Gasteiger partial charge in [0.25, 0.3) is 0 Å². The van der Waals surface area contributed by atoms with Gasteiger partial charge in [0, 0.05) is 25.3 Å². The van der Waals surface area contributed by atoms with Gasteiger partial charge in [-0.1, -0.05) is 18.2 Å². The zero-order valence-corrected chi connectivity index (χ0v) is 14.5. The normalized spacial score (nSPS) is 16.4. The predicted octanol–water partition coefficient (Wildman–Crippen LogP) is 3.01. The van der Waals surface area contributed by atoms with Gasteiger partial charge in [0.2, 0.25) is 0 Å². The molecule has 1 aromatic rings. The summed E-state index contributed by atoms with van der Waals surface area (Å²) in [6.45, 7) is 8.99. The minimum atomic E-state index is -0.425. The second-order valence-electron chi connectivity index (χ2n) is 7.24. The van der Waals surface area contributed by atoms with Gasteiger partial charge in [-0.25, -0.2) is 4.79 Å². The van der Waals surface area contributed by atoms with Gasteiger partial charge >= 0.3 is 6.09 Å². The fraction of sp³-hybridized carbons (Fsp3) is 0.611. The first kappa shape index (κ1) is 17.6. The van der Waals surface area contributed by atoms with Crippen LogP contribution in [0.5, 0.6) is 0 Å². The Kier molecular flexibility index (Phi) is 5.88. The number of likely N-dealkylation sites (tertiary alicyclic amines) is 1. The van der Waals surface area contributed by atoms with E-state index in [0.29, 0.717) is 5.92 Å². The van der Waals surface area contributed by atoms with Crippen molar-refractivity contribution in [3.05, 3.63) is 29.8 Å². The summed E-state index contributed by atoms with van der Waals surface area (Å²) < 4.78 is 5.42. The van der Waals surface area contributed by atoms with E-state index in [1.807, 2.05) is 49.9 Å². The number of nitrogen functional groups attached to an aromatic ring is 1. The van der Waals surface area contributed by atoms with Crippen molar-refractivity contribution in [1.82, 2.24) is 10.2 Å². The van der Waals surface area contributed by atoms with Gasteiger partial charge in [-0.2, -0.15) is 0 Å². The van der Waals surface area contributed by atoms with Crippen molar-refractivity contribution < 1.29 is 9.53 Å². The van der Waals surface area contributed by atoms with E-state index < -0.39 is 5.60 Å². The van der Waals surface area contributed by atoms with E-state index in [-0.39, 0.29) is 6.09 Å². The molecule has 0 saturated carbocycles. The number of nitrogens with two attached hydrogens (primary N) is 1. The highest BCUT2D eigenvalue weighted by molar-refractivity contribution is 5.68. The third-order valence-corrected chi connectivity index (χ3v) is 4.07. The highest BCUT2D eigenvalue weighted by Crippen LogP contribution is 2.19. The number of carbonyl (C=O) groups is 1. The molecule has 0 atom stereocenters. The van der Waals surface area contributed by atoms with Crippen molar-refractivity contribution in [2.45, 2.75) is 45.8 Å². The van der Waals surface area contributed by atoms with Gasteiger partial charge in [-0.15, -0.1) is 0 Å². The number of benzene rings is 1. The summed E-state index contributed by atoms with van der Waals surface area (Å²) in [6.07, 6.45) is 1.83. The molecular formula is C18H29N3O2. The fourth-order valence-corrected chi connectivity index (χ4v) is 2.75. The number of ether oxygens (including phenoxy) is 1. The lowest BCUT2D eigenvalue weighted by molar-refractivity contribution is 0.0184. The minimum absolute atomic E-state index is 0.194. The summed E-state index contributed by atoms with van der Waals surface area (Å²) >= 11 is 0. The van der Waals surface area contributed by atoms with Crippen LogP contribution in [-0.4, -0.2) is 36.2 Å². The molecule has 0 aliphatic carbocycles. The number of hydrogen-bond acceptors (Lipinski definition) is 4. The molecule has 1 saturated heterocycles. The molecular weight excluding hydrogens is 290 g/mol. The smallest absolute Gasteiger partial charge is 0.410 e. The van der Waals surface area contributed by atoms with Crippen LogP contribution in [-0.2, 0) is 11.3 Å². The third kappa shape index (κ3) is 5.75. The van der Waals surface area contributed by atoms with Crippen molar-refractivity contribution in [2.75, 3.05) is 25.4 Å². The summed E-state index contributed by atoms with van der Waals surface area (Å²) in [5.41, 5.74) is 7.49. The second kappa shape index (κ2) is 7.68. The van der Waals surface area contributed by atoms with Crippen LogP contribution in [0.3, 0.4) is 0 Å². The summed E-state index contributed by atoms with van der Waals surface area (Å²) in [5.74, 6) is 0.596. The highest BCUT2D eigenvalue weighted by atomic mass is 16.6. The number of nitrogens with one attached hydrogen (secondary N) is 1. The van der Waals surface area contributed by atoms with Crippen molar-refractivity contribution in [2.24, 2.45) is 5.92 Å². The van der Waals surface area contributed by atoms with E-state index in [1.165, 1.54) is 0 Å². The average molecular weight is 319 g/mol. The molecule has 0 bridgehead atoms. The van der Waals surface area contributed by atoms with Crippen molar-refractivity contribution in [1.29, 1.82) is 0 Å². The third-order valence-electron chi connectivity index (χ3n) is 4.07. The van der Waals surface area contributed by atoms with Crippen molar-refractivity contribution >= 4 is 11.8 Å². The summed E-state index contributed by atoms with van der Waals surface area (Å²) in [4.78, 5) is 13.8. The number of piperidine rings is 1. The lowest BCUT2D eigenvalue weighted by atomic mass is 9.97. The molecule has 1 aliphatic rings. The number of nitrogens with zero attached hydrogens (tertiary/aromatic N) is 1. The Morgan fingerprint density at radius 2 is 1.96 bits per heavy atom. The zero-order chi connectivity index (χ0) is 16.9. The van der Waals surface area contributed by atoms with E-state index in [1.54, 1.807) is 0 Å². The molecule has 3 N–H and O–H groups in total. The van der Waals surface area contributed by atoms with Crippen LogP contribution in [0, 0.1) is 5.92 Å². The number of rotatable bonds is 4. The lowest BCUT2D eigenvalue weighted by Gasteiger charge is -2.33. The molecule has 1 aromatic carbocycles. The van der Waals surface area contributed by atoms with Crippen LogP contribution in [0.2, 0.25) is 0 Å². The number of hydrogen-bond donors (Lipinski definition) is 2.